The molecule has 1 rings (SSSR count). The van der Waals surface area contributed by atoms with Crippen molar-refractivity contribution in [3.63, 3.8) is 0 Å². The molecule has 0 N–H and O–H groups in total. The van der Waals surface area contributed by atoms with Gasteiger partial charge in [0.1, 0.15) is 12.4 Å². The van der Waals surface area contributed by atoms with Crippen molar-refractivity contribution in [2.45, 2.75) is 103 Å². The van der Waals surface area contributed by atoms with Crippen LogP contribution in [-0.2, 0) is 25.7 Å². The second-order valence-electron chi connectivity index (χ2n) is 8.11. The Labute approximate surface area is 195 Å². The van der Waals surface area contributed by atoms with Crippen LogP contribution in [0.25, 0.3) is 0 Å². The summed E-state index contributed by atoms with van der Waals surface area (Å²) in [5, 5.41) is 0. The van der Waals surface area contributed by atoms with Crippen molar-refractivity contribution in [2.75, 3.05) is 6.61 Å². The molecule has 8 heteroatoms. The molecule has 5 nitrogen and oxygen atoms in total. The zero-order valence-corrected chi connectivity index (χ0v) is 19.6. The zero-order chi connectivity index (χ0) is 24.4. The number of benzene rings is 1. The van der Waals surface area contributed by atoms with Crippen LogP contribution < -0.4 is 4.74 Å². The quantitative estimate of drug-likeness (QED) is 0.165. The molecule has 0 fully saturated rings. The molecule has 0 atom stereocenters. The minimum absolute atomic E-state index is 0.0612. The summed E-state index contributed by atoms with van der Waals surface area (Å²) < 4.78 is 50.4. The molecule has 0 unspecified atom stereocenters. The Morgan fingerprint density at radius 3 is 1.79 bits per heavy atom. The minimum atomic E-state index is -4.75. The molecule has 1 aromatic rings. The average molecular weight is 475 g/mol. The van der Waals surface area contributed by atoms with Crippen molar-refractivity contribution in [1.29, 1.82) is 0 Å². The van der Waals surface area contributed by atoms with Gasteiger partial charge in [-0.2, -0.15) is 0 Å². The van der Waals surface area contributed by atoms with Crippen molar-refractivity contribution >= 4 is 11.9 Å². The number of hydrogen-bond acceptors (Lipinski definition) is 5. The molecule has 0 amide bonds. The molecule has 0 bridgehead atoms. The topological polar surface area (TPSA) is 61.8 Å². The van der Waals surface area contributed by atoms with Gasteiger partial charge < -0.3 is 14.2 Å². The van der Waals surface area contributed by atoms with E-state index in [2.05, 4.69) is 11.7 Å². The minimum Gasteiger partial charge on any atom is -0.466 e. The lowest BCUT2D eigenvalue weighted by Gasteiger charge is -2.09. The first-order valence-electron chi connectivity index (χ1n) is 12.0. The Kier molecular flexibility index (Phi) is 15.1. The first-order valence-corrected chi connectivity index (χ1v) is 12.0. The maximum Gasteiger partial charge on any atom is 0.573 e. The first-order chi connectivity index (χ1) is 15.8. The summed E-state index contributed by atoms with van der Waals surface area (Å²) in [4.78, 5) is 23.5. The SMILES string of the molecule is CCCCCCCCCCCCOC(=O)CCCC(=O)OCc1ccc(OC(F)(F)F)cc1. The number of carbonyl (C=O) groups excluding carboxylic acids is 2. The predicted molar refractivity (Wildman–Crippen MR) is 120 cm³/mol. The summed E-state index contributed by atoms with van der Waals surface area (Å²) in [7, 11) is 0. The first kappa shape index (κ1) is 28.8. The van der Waals surface area contributed by atoms with Crippen LogP contribution in [0.15, 0.2) is 24.3 Å². The summed E-state index contributed by atoms with van der Waals surface area (Å²) in [6.45, 7) is 2.57. The smallest absolute Gasteiger partial charge is 0.466 e. The highest BCUT2D eigenvalue weighted by atomic mass is 19.4. The molecule has 0 radical (unpaired) electrons. The lowest BCUT2D eigenvalue weighted by Crippen LogP contribution is -2.17. The highest BCUT2D eigenvalue weighted by Crippen LogP contribution is 2.23. The highest BCUT2D eigenvalue weighted by molar-refractivity contribution is 5.72. The van der Waals surface area contributed by atoms with Crippen LogP contribution >= 0.6 is 0 Å². The third-order valence-electron chi connectivity index (χ3n) is 5.08. The van der Waals surface area contributed by atoms with E-state index < -0.39 is 12.3 Å². The zero-order valence-electron chi connectivity index (χ0n) is 19.6. The van der Waals surface area contributed by atoms with Gasteiger partial charge >= 0.3 is 18.3 Å². The predicted octanol–water partition coefficient (Wildman–Crippen LogP) is 7.26. The largest absolute Gasteiger partial charge is 0.573 e. The number of ether oxygens (including phenoxy) is 3. The van der Waals surface area contributed by atoms with Crippen molar-refractivity contribution in [3.8, 4) is 5.75 Å². The van der Waals surface area contributed by atoms with Crippen LogP contribution in [0.1, 0.15) is 96.0 Å². The number of esters is 2. The normalized spacial score (nSPS) is 11.3. The molecule has 188 valence electrons. The van der Waals surface area contributed by atoms with Crippen molar-refractivity contribution in [3.05, 3.63) is 29.8 Å². The van der Waals surface area contributed by atoms with E-state index in [4.69, 9.17) is 9.47 Å². The van der Waals surface area contributed by atoms with E-state index in [-0.39, 0.29) is 31.2 Å². The van der Waals surface area contributed by atoms with E-state index >= 15 is 0 Å². The molecular weight excluding hydrogens is 437 g/mol. The number of alkyl halides is 3. The van der Waals surface area contributed by atoms with Gasteiger partial charge in [0, 0.05) is 12.8 Å². The van der Waals surface area contributed by atoms with E-state index in [1.54, 1.807) is 0 Å². The summed E-state index contributed by atoms with van der Waals surface area (Å²) in [5.41, 5.74) is 0.536. The van der Waals surface area contributed by atoms with Crippen LogP contribution in [0.3, 0.4) is 0 Å². The lowest BCUT2D eigenvalue weighted by molar-refractivity contribution is -0.274. The third-order valence-corrected chi connectivity index (χ3v) is 5.08. The Hall–Kier alpha value is -2.25. The number of halogens is 3. The van der Waals surface area contributed by atoms with E-state index in [0.29, 0.717) is 18.6 Å². The van der Waals surface area contributed by atoms with Crippen LogP contribution in [0.5, 0.6) is 5.75 Å². The molecule has 0 saturated carbocycles. The van der Waals surface area contributed by atoms with Crippen molar-refractivity contribution < 1.29 is 37.0 Å². The molecule has 33 heavy (non-hydrogen) atoms. The maximum atomic E-state index is 12.1. The van der Waals surface area contributed by atoms with Crippen LogP contribution in [0.4, 0.5) is 13.2 Å². The molecule has 0 aromatic heterocycles. The number of carbonyl (C=O) groups is 2. The van der Waals surface area contributed by atoms with E-state index in [1.165, 1.54) is 57.1 Å². The van der Waals surface area contributed by atoms with Gasteiger partial charge in [-0.05, 0) is 30.5 Å². The molecular formula is C25H37F3O5. The van der Waals surface area contributed by atoms with E-state index in [9.17, 15) is 22.8 Å². The van der Waals surface area contributed by atoms with Gasteiger partial charge in [0.2, 0.25) is 0 Å². The van der Waals surface area contributed by atoms with Gasteiger partial charge in [-0.3, -0.25) is 9.59 Å². The molecule has 0 saturated heterocycles. The standard InChI is InChI=1S/C25H37F3O5/c1-2-3-4-5-6-7-8-9-10-11-19-31-23(29)13-12-14-24(30)32-20-21-15-17-22(18-16-21)33-25(26,27)28/h15-18H,2-14,19-20H2,1H3. The van der Waals surface area contributed by atoms with Crippen LogP contribution in [0, 0.1) is 0 Å². The fraction of sp³-hybridized carbons (Fsp3) is 0.680. The average Bonchev–Trinajstić information content (AvgIpc) is 2.76. The van der Waals surface area contributed by atoms with Crippen molar-refractivity contribution in [1.82, 2.24) is 0 Å². The summed E-state index contributed by atoms with van der Waals surface area (Å²) in [6.07, 6.45) is 7.95. The Morgan fingerprint density at radius 2 is 1.24 bits per heavy atom. The third kappa shape index (κ3) is 17.0. The van der Waals surface area contributed by atoms with Gasteiger partial charge in [0.25, 0.3) is 0 Å². The Bertz CT molecular complexity index is 659. The second kappa shape index (κ2) is 17.3. The molecule has 0 heterocycles. The Morgan fingerprint density at radius 1 is 0.727 bits per heavy atom. The molecule has 1 aromatic carbocycles. The number of hydrogen-bond donors (Lipinski definition) is 0. The number of rotatable bonds is 18. The molecule has 0 aliphatic heterocycles. The summed E-state index contributed by atoms with van der Waals surface area (Å²) in [6, 6.07) is 5.08. The summed E-state index contributed by atoms with van der Waals surface area (Å²) in [5.74, 6) is -1.14. The van der Waals surface area contributed by atoms with Gasteiger partial charge in [0.15, 0.2) is 0 Å². The van der Waals surface area contributed by atoms with Gasteiger partial charge in [-0.1, -0.05) is 76.8 Å². The fourth-order valence-electron chi connectivity index (χ4n) is 3.25. The Balaban J connectivity index is 1.99. The van der Waals surface area contributed by atoms with Gasteiger partial charge in [-0.15, -0.1) is 13.2 Å². The maximum absolute atomic E-state index is 12.1. The molecule has 0 aliphatic rings. The van der Waals surface area contributed by atoms with Crippen molar-refractivity contribution in [2.24, 2.45) is 0 Å². The van der Waals surface area contributed by atoms with Gasteiger partial charge in [-0.25, -0.2) is 0 Å². The summed E-state index contributed by atoms with van der Waals surface area (Å²) >= 11 is 0. The van der Waals surface area contributed by atoms with E-state index in [0.717, 1.165) is 31.4 Å². The fourth-order valence-corrected chi connectivity index (χ4v) is 3.25. The molecule has 0 aliphatic carbocycles. The lowest BCUT2D eigenvalue weighted by atomic mass is 10.1. The highest BCUT2D eigenvalue weighted by Gasteiger charge is 2.30. The molecule has 0 spiro atoms. The number of unbranched alkanes of at least 4 members (excludes halogenated alkanes) is 9. The monoisotopic (exact) mass is 474 g/mol. The van der Waals surface area contributed by atoms with E-state index in [1.807, 2.05) is 0 Å². The van der Waals surface area contributed by atoms with Crippen LogP contribution in [0.2, 0.25) is 0 Å². The van der Waals surface area contributed by atoms with Gasteiger partial charge in [0.05, 0.1) is 6.61 Å². The van der Waals surface area contributed by atoms with Crippen LogP contribution in [-0.4, -0.2) is 24.9 Å². The second-order valence-corrected chi connectivity index (χ2v) is 8.11.